The van der Waals surface area contributed by atoms with Gasteiger partial charge in [-0.05, 0) is 115 Å². The topological polar surface area (TPSA) is 36.4 Å². The Hall–Kier alpha value is -3.56. The van der Waals surface area contributed by atoms with Gasteiger partial charge in [-0.3, -0.25) is 0 Å². The van der Waals surface area contributed by atoms with Crippen molar-refractivity contribution in [2.24, 2.45) is 0 Å². The summed E-state index contributed by atoms with van der Waals surface area (Å²) in [5.41, 5.74) is 24.8. The second kappa shape index (κ2) is 40.5. The van der Waals surface area contributed by atoms with Gasteiger partial charge in [-0.15, -0.1) is 4.79 Å². The predicted molar refractivity (Wildman–Crippen MR) is 288 cm³/mol. The summed E-state index contributed by atoms with van der Waals surface area (Å²) in [5.74, 6) is 3.11. The van der Waals surface area contributed by atoms with E-state index >= 15 is 0 Å². The molecule has 2 nitrogen and oxygen atoms in total. The number of hydrogen-bond donors (Lipinski definition) is 0. The van der Waals surface area contributed by atoms with E-state index in [4.69, 9.17) is 0 Å². The van der Waals surface area contributed by atoms with Crippen LogP contribution >= 0.6 is 0 Å². The first-order valence-electron chi connectivity index (χ1n) is 26.5. The molecule has 0 spiro atoms. The minimum absolute atomic E-state index is 0. The van der Waals surface area contributed by atoms with Crippen LogP contribution in [0.5, 0.6) is 0 Å². The van der Waals surface area contributed by atoms with Crippen molar-refractivity contribution in [2.45, 2.75) is 215 Å². The first-order valence-corrected chi connectivity index (χ1v) is 26.5. The molecule has 0 amide bonds. The van der Waals surface area contributed by atoms with Crippen molar-refractivity contribution in [2.75, 3.05) is 0 Å². The molecule has 0 saturated carbocycles. The van der Waals surface area contributed by atoms with E-state index in [1.807, 2.05) is 36.4 Å². The zero-order chi connectivity index (χ0) is 47.2. The number of hydrogen-bond acceptors (Lipinski definition) is 0. The molecule has 0 aliphatic rings. The fourth-order valence-corrected chi connectivity index (χ4v) is 8.54. The second-order valence-electron chi connectivity index (χ2n) is 18.2. The molecule has 4 aromatic rings. The van der Waals surface area contributed by atoms with Crippen LogP contribution in [0.1, 0.15) is 221 Å². The Labute approximate surface area is 421 Å². The third-order valence-corrected chi connectivity index (χ3v) is 12.4. The smallest absolute Gasteiger partial charge is 0.348 e. The molecule has 0 heterocycles. The van der Waals surface area contributed by atoms with Crippen molar-refractivity contribution in [1.82, 2.24) is 0 Å². The van der Waals surface area contributed by atoms with E-state index in [1.54, 1.807) is 0 Å². The Morgan fingerprint density at radius 2 is 0.788 bits per heavy atom. The fourth-order valence-electron chi connectivity index (χ4n) is 8.54. The van der Waals surface area contributed by atoms with Crippen molar-refractivity contribution in [3.05, 3.63) is 172 Å². The van der Waals surface area contributed by atoms with E-state index in [0.717, 1.165) is 76.2 Å². The molecule has 0 fully saturated rings. The molecule has 0 atom stereocenters. The Kier molecular flexibility index (Phi) is 37.1. The standard InChI is InChI=1S/C47H74N2.2C8H9.Pd/c1-7-13-18-20-22-24-29-41-33-42(30-25-23-21-19-14-8-2)37-45(36-41)47(46(26-12-6)43(38-49-48)31-17-11-5)44-34-39(27-15-9-3)32-40(35-44)28-16-10-4;2*1-2-8-6-4-3-5-7-8;/h32-37H,7-31H2,1-6H3;2*3-7H,1-2H2;/q;2*-1;+2. The summed E-state index contributed by atoms with van der Waals surface area (Å²) in [6.45, 7) is 21.2. The summed E-state index contributed by atoms with van der Waals surface area (Å²) in [5, 5.41) is 0. The van der Waals surface area contributed by atoms with Gasteiger partial charge in [0.25, 0.3) is 0 Å². The molecular formula is C63H92N2Pd. The third-order valence-electron chi connectivity index (χ3n) is 12.4. The summed E-state index contributed by atoms with van der Waals surface area (Å²) in [7, 11) is 0. The molecule has 0 radical (unpaired) electrons. The van der Waals surface area contributed by atoms with Gasteiger partial charge >= 0.3 is 26.3 Å². The number of nitrogens with zero attached hydrogens (tertiary/aromatic N) is 2. The van der Waals surface area contributed by atoms with Gasteiger partial charge in [0.05, 0.1) is 5.57 Å². The molecule has 0 bridgehead atoms. The van der Waals surface area contributed by atoms with E-state index in [2.05, 4.69) is 127 Å². The molecule has 0 aromatic heterocycles. The first-order chi connectivity index (χ1) is 31.9. The minimum Gasteiger partial charge on any atom is -0.348 e. The summed E-state index contributed by atoms with van der Waals surface area (Å²) >= 11 is 0. The maximum atomic E-state index is 9.87. The van der Waals surface area contributed by atoms with Gasteiger partial charge in [-0.1, -0.05) is 240 Å². The van der Waals surface area contributed by atoms with Crippen LogP contribution < -0.4 is 0 Å². The summed E-state index contributed by atoms with van der Waals surface area (Å²) < 4.78 is 0. The van der Waals surface area contributed by atoms with E-state index in [1.165, 1.54) is 158 Å². The van der Waals surface area contributed by atoms with E-state index < -0.39 is 0 Å². The van der Waals surface area contributed by atoms with Gasteiger partial charge in [0.2, 0.25) is 0 Å². The zero-order valence-corrected chi connectivity index (χ0v) is 44.5. The Morgan fingerprint density at radius 3 is 1.12 bits per heavy atom. The maximum absolute atomic E-state index is 9.87. The number of aryl methyl sites for hydroxylation is 4. The van der Waals surface area contributed by atoms with Crippen molar-refractivity contribution >= 4 is 11.4 Å². The van der Waals surface area contributed by atoms with Gasteiger partial charge in [0.15, 0.2) is 0 Å². The molecule has 0 unspecified atom stereocenters. The van der Waals surface area contributed by atoms with Crippen LogP contribution in [0, 0.1) is 13.8 Å². The van der Waals surface area contributed by atoms with Gasteiger partial charge in [0, 0.05) is 0 Å². The molecule has 66 heavy (non-hydrogen) atoms. The second-order valence-corrected chi connectivity index (χ2v) is 18.2. The van der Waals surface area contributed by atoms with Crippen molar-refractivity contribution < 1.29 is 25.2 Å². The molecule has 0 aliphatic carbocycles. The molecule has 4 rings (SSSR count). The fraction of sp³-hybridized carbons (Fsp3) is 0.524. The molecule has 0 saturated heterocycles. The minimum atomic E-state index is 0. The van der Waals surface area contributed by atoms with Crippen molar-refractivity contribution in [3.8, 4) is 0 Å². The van der Waals surface area contributed by atoms with Crippen LogP contribution in [0.2, 0.25) is 0 Å². The summed E-state index contributed by atoms with van der Waals surface area (Å²) in [6, 6.07) is 35.5. The maximum Gasteiger partial charge on any atom is 2.00 e. The predicted octanol–water partition coefficient (Wildman–Crippen LogP) is 18.9. The zero-order valence-electron chi connectivity index (χ0n) is 43.0. The molecular weight excluding hydrogens is 891 g/mol. The van der Waals surface area contributed by atoms with Crippen LogP contribution in [-0.2, 0) is 58.9 Å². The van der Waals surface area contributed by atoms with E-state index in [9.17, 15) is 5.53 Å². The number of allylic oxidation sites excluding steroid dienone is 2. The van der Waals surface area contributed by atoms with E-state index in [0.29, 0.717) is 0 Å². The van der Waals surface area contributed by atoms with Crippen LogP contribution in [0.4, 0.5) is 0 Å². The molecule has 364 valence electrons. The van der Waals surface area contributed by atoms with Gasteiger partial charge < -0.3 is 19.4 Å². The summed E-state index contributed by atoms with van der Waals surface area (Å²) in [4.78, 5) is 3.53. The monoisotopic (exact) mass is 983 g/mol. The molecule has 0 N–H and O–H groups in total. The van der Waals surface area contributed by atoms with Crippen LogP contribution in [0.3, 0.4) is 0 Å². The largest absolute Gasteiger partial charge is 2.00 e. The average Bonchev–Trinajstić information content (AvgIpc) is 3.34. The van der Waals surface area contributed by atoms with Gasteiger partial charge in [-0.2, -0.15) is 12.8 Å². The van der Waals surface area contributed by atoms with Crippen molar-refractivity contribution in [3.63, 3.8) is 0 Å². The molecule has 3 heteroatoms. The number of rotatable bonds is 30. The number of unbranched alkanes of at least 4 members (excludes halogenated alkanes) is 13. The Morgan fingerprint density at radius 1 is 0.424 bits per heavy atom. The quantitative estimate of drug-likeness (QED) is 0.00950. The first kappa shape index (κ1) is 60.5. The van der Waals surface area contributed by atoms with Crippen LogP contribution in [0.25, 0.3) is 11.1 Å². The van der Waals surface area contributed by atoms with Crippen LogP contribution in [0.15, 0.2) is 108 Å². The van der Waals surface area contributed by atoms with E-state index in [-0.39, 0.29) is 20.4 Å². The number of benzene rings is 4. The Balaban J connectivity index is 0.00000106. The van der Waals surface area contributed by atoms with Gasteiger partial charge in [-0.25, -0.2) is 0 Å². The molecule has 0 aliphatic heterocycles. The summed E-state index contributed by atoms with van der Waals surface area (Å²) in [6.07, 6.45) is 32.1. The third kappa shape index (κ3) is 26.1. The average molecular weight is 984 g/mol. The van der Waals surface area contributed by atoms with Crippen LogP contribution in [-0.4, -0.2) is 10.7 Å². The van der Waals surface area contributed by atoms with Crippen molar-refractivity contribution in [1.29, 1.82) is 0 Å². The Bertz CT molecular complexity index is 1810. The van der Waals surface area contributed by atoms with Gasteiger partial charge in [0.1, 0.15) is 0 Å². The SMILES string of the molecule is CCCCCCCCc1cc(CCCCCCCC)cc(C(=C(CCC)C(=C=[N+]=[N-])CCCC)c2cc(CCCC)cc(CCCC)c2)c1.[CH2-]Cc1ccccc1.[CH2-]Cc1ccccc1.[Pd+2]. The molecule has 4 aromatic carbocycles. The normalized spacial score (nSPS) is 10.9.